The maximum Gasteiger partial charge on any atom is 0.211 e. The highest BCUT2D eigenvalue weighted by Gasteiger charge is 1.99. The van der Waals surface area contributed by atoms with E-state index in [4.69, 9.17) is 5.73 Å². The first-order valence-corrected chi connectivity index (χ1v) is 6.97. The molecule has 1 aromatic rings. The van der Waals surface area contributed by atoms with Crippen LogP contribution in [0, 0.1) is 0 Å². The Morgan fingerprint density at radius 2 is 1.94 bits per heavy atom. The molecule has 3 N–H and O–H groups in total. The van der Waals surface area contributed by atoms with Crippen LogP contribution in [-0.2, 0) is 4.79 Å². The average molecular weight is 268 g/mol. The van der Waals surface area contributed by atoms with Crippen molar-refractivity contribution in [3.8, 4) is 0 Å². The second-order valence-corrected chi connectivity index (χ2v) is 3.94. The lowest BCUT2D eigenvalue weighted by Gasteiger charge is -2.05. The van der Waals surface area contributed by atoms with Gasteiger partial charge in [-0.05, 0) is 19.1 Å². The third-order valence-electron chi connectivity index (χ3n) is 1.48. The van der Waals surface area contributed by atoms with Crippen molar-refractivity contribution in [3.05, 3.63) is 36.9 Å². The van der Waals surface area contributed by atoms with E-state index in [0.29, 0.717) is 13.0 Å². The molecule has 1 aromatic carbocycles. The van der Waals surface area contributed by atoms with Crippen LogP contribution in [-0.4, -0.2) is 18.7 Å². The van der Waals surface area contributed by atoms with Crippen LogP contribution in [0.4, 0.5) is 5.69 Å². The highest BCUT2D eigenvalue weighted by atomic mass is 32.2. The number of amides is 1. The third kappa shape index (κ3) is 9.93. The van der Waals surface area contributed by atoms with Gasteiger partial charge in [0.05, 0.1) is 5.69 Å². The summed E-state index contributed by atoms with van der Waals surface area (Å²) in [5, 5.41) is 2.64. The lowest BCUT2D eigenvalue weighted by molar-refractivity contribution is -0.105. The number of carbonyl (C=O) groups is 1. The Kier molecular flexibility index (Phi) is 16.7. The van der Waals surface area contributed by atoms with Crippen molar-refractivity contribution in [2.45, 2.75) is 25.7 Å². The SMILES string of the molecule is C=CC.CC.NCCSc1ccccc1NC=O. The van der Waals surface area contributed by atoms with E-state index in [1.165, 1.54) is 0 Å². The van der Waals surface area contributed by atoms with Gasteiger partial charge in [-0.1, -0.05) is 32.1 Å². The van der Waals surface area contributed by atoms with E-state index in [2.05, 4.69) is 11.9 Å². The minimum atomic E-state index is 0.639. The predicted octanol–water partition coefficient (Wildman–Crippen LogP) is 3.52. The predicted molar refractivity (Wildman–Crippen MR) is 83.1 cm³/mol. The monoisotopic (exact) mass is 268 g/mol. The zero-order chi connectivity index (χ0) is 14.2. The van der Waals surface area contributed by atoms with Gasteiger partial charge >= 0.3 is 0 Å². The van der Waals surface area contributed by atoms with Gasteiger partial charge in [0.15, 0.2) is 0 Å². The molecular weight excluding hydrogens is 244 g/mol. The Balaban J connectivity index is 0. The minimum Gasteiger partial charge on any atom is -0.330 e. The summed E-state index contributed by atoms with van der Waals surface area (Å²) in [7, 11) is 0. The number of benzene rings is 1. The summed E-state index contributed by atoms with van der Waals surface area (Å²) in [5.41, 5.74) is 6.23. The van der Waals surface area contributed by atoms with Crippen LogP contribution in [0.15, 0.2) is 41.8 Å². The molecule has 0 saturated carbocycles. The molecule has 0 aliphatic carbocycles. The zero-order valence-corrected chi connectivity index (χ0v) is 12.3. The Morgan fingerprint density at radius 1 is 1.39 bits per heavy atom. The van der Waals surface area contributed by atoms with E-state index in [1.807, 2.05) is 45.0 Å². The first-order chi connectivity index (χ1) is 8.79. The van der Waals surface area contributed by atoms with Gasteiger partial charge in [-0.25, -0.2) is 0 Å². The normalized spacial score (nSPS) is 8.00. The van der Waals surface area contributed by atoms with E-state index in [0.717, 1.165) is 16.3 Å². The van der Waals surface area contributed by atoms with Crippen LogP contribution in [0.25, 0.3) is 0 Å². The summed E-state index contributed by atoms with van der Waals surface area (Å²) in [6.45, 7) is 9.89. The van der Waals surface area contributed by atoms with Crippen LogP contribution in [0.1, 0.15) is 20.8 Å². The number of nitrogens with two attached hydrogens (primary N) is 1. The van der Waals surface area contributed by atoms with Crippen LogP contribution < -0.4 is 11.1 Å². The zero-order valence-electron chi connectivity index (χ0n) is 11.5. The second kappa shape index (κ2) is 15.7. The van der Waals surface area contributed by atoms with E-state index in [9.17, 15) is 4.79 Å². The summed E-state index contributed by atoms with van der Waals surface area (Å²) in [4.78, 5) is 11.3. The van der Waals surface area contributed by atoms with Gasteiger partial charge in [-0.15, -0.1) is 18.3 Å². The minimum absolute atomic E-state index is 0.639. The van der Waals surface area contributed by atoms with E-state index in [-0.39, 0.29) is 0 Å². The number of thioether (sulfide) groups is 1. The van der Waals surface area contributed by atoms with E-state index < -0.39 is 0 Å². The first kappa shape index (κ1) is 19.1. The fourth-order valence-corrected chi connectivity index (χ4v) is 1.74. The third-order valence-corrected chi connectivity index (χ3v) is 2.58. The summed E-state index contributed by atoms with van der Waals surface area (Å²) in [6.07, 6.45) is 2.43. The highest BCUT2D eigenvalue weighted by Crippen LogP contribution is 2.25. The summed E-state index contributed by atoms with van der Waals surface area (Å²) < 4.78 is 0. The Bertz CT molecular complexity index is 316. The molecule has 102 valence electrons. The quantitative estimate of drug-likeness (QED) is 0.488. The molecule has 1 rings (SSSR count). The lowest BCUT2D eigenvalue weighted by Crippen LogP contribution is -2.02. The van der Waals surface area contributed by atoms with Crippen LogP contribution in [0.2, 0.25) is 0 Å². The fourth-order valence-electron chi connectivity index (χ4n) is 0.944. The molecule has 0 aliphatic rings. The van der Waals surface area contributed by atoms with E-state index in [1.54, 1.807) is 17.8 Å². The van der Waals surface area contributed by atoms with Gasteiger partial charge in [-0.3, -0.25) is 4.79 Å². The van der Waals surface area contributed by atoms with Crippen LogP contribution >= 0.6 is 11.8 Å². The molecule has 18 heavy (non-hydrogen) atoms. The molecule has 4 heteroatoms. The van der Waals surface area contributed by atoms with Gasteiger partial charge in [0.25, 0.3) is 0 Å². The van der Waals surface area contributed by atoms with Crippen molar-refractivity contribution < 1.29 is 4.79 Å². The molecule has 0 atom stereocenters. The van der Waals surface area contributed by atoms with Gasteiger partial charge in [-0.2, -0.15) is 0 Å². The smallest absolute Gasteiger partial charge is 0.211 e. The fraction of sp³-hybridized carbons (Fsp3) is 0.357. The van der Waals surface area contributed by atoms with Crippen molar-refractivity contribution >= 4 is 23.9 Å². The molecule has 0 aromatic heterocycles. The van der Waals surface area contributed by atoms with E-state index >= 15 is 0 Å². The number of para-hydroxylation sites is 1. The number of hydrogen-bond donors (Lipinski definition) is 2. The summed E-state index contributed by atoms with van der Waals surface area (Å²) in [5.74, 6) is 0.859. The van der Waals surface area contributed by atoms with Crippen LogP contribution in [0.5, 0.6) is 0 Å². The average Bonchev–Trinajstić information content (AvgIpc) is 2.41. The highest BCUT2D eigenvalue weighted by molar-refractivity contribution is 7.99. The number of rotatable bonds is 5. The lowest BCUT2D eigenvalue weighted by atomic mass is 10.3. The van der Waals surface area contributed by atoms with Crippen molar-refractivity contribution in [2.24, 2.45) is 5.73 Å². The Morgan fingerprint density at radius 3 is 2.44 bits per heavy atom. The van der Waals surface area contributed by atoms with Crippen molar-refractivity contribution in [2.75, 3.05) is 17.6 Å². The number of anilines is 1. The number of allylic oxidation sites excluding steroid dienone is 1. The molecule has 0 saturated heterocycles. The summed E-state index contributed by atoms with van der Waals surface area (Å²) >= 11 is 1.64. The van der Waals surface area contributed by atoms with Crippen molar-refractivity contribution in [1.82, 2.24) is 0 Å². The van der Waals surface area contributed by atoms with Gasteiger partial charge in [0.2, 0.25) is 6.41 Å². The largest absolute Gasteiger partial charge is 0.330 e. The first-order valence-electron chi connectivity index (χ1n) is 5.99. The number of hydrogen-bond acceptors (Lipinski definition) is 3. The molecule has 1 amide bonds. The van der Waals surface area contributed by atoms with Crippen molar-refractivity contribution in [3.63, 3.8) is 0 Å². The standard InChI is InChI=1S/C9H12N2OS.C3H6.C2H6/c10-5-6-13-9-4-2-1-3-8(9)11-7-12;1-3-2;1-2/h1-4,7H,5-6,10H2,(H,11,12);3H,1H2,2H3;1-2H3. The number of nitrogens with one attached hydrogen (secondary N) is 1. The molecule has 0 bridgehead atoms. The molecule has 0 radical (unpaired) electrons. The molecule has 0 unspecified atom stereocenters. The Labute approximate surface area is 115 Å². The molecule has 0 aliphatic heterocycles. The second-order valence-electron chi connectivity index (χ2n) is 2.80. The van der Waals surface area contributed by atoms with Gasteiger partial charge < -0.3 is 11.1 Å². The maximum atomic E-state index is 10.3. The van der Waals surface area contributed by atoms with Crippen molar-refractivity contribution in [1.29, 1.82) is 0 Å². The van der Waals surface area contributed by atoms with Crippen LogP contribution in [0.3, 0.4) is 0 Å². The van der Waals surface area contributed by atoms with Gasteiger partial charge in [0, 0.05) is 17.2 Å². The molecule has 3 nitrogen and oxygen atoms in total. The molecule has 0 fully saturated rings. The summed E-state index contributed by atoms with van der Waals surface area (Å²) in [6, 6.07) is 7.66. The van der Waals surface area contributed by atoms with Gasteiger partial charge in [0.1, 0.15) is 0 Å². The maximum absolute atomic E-state index is 10.3. The molecular formula is C14H24N2OS. The number of carbonyl (C=O) groups excluding carboxylic acids is 1. The molecule has 0 spiro atoms. The topological polar surface area (TPSA) is 55.1 Å². The molecule has 0 heterocycles. The Hall–Kier alpha value is -1.26.